The molecular formula is C13H13N5O3. The highest BCUT2D eigenvalue weighted by Gasteiger charge is 2.29. The predicted octanol–water partition coefficient (Wildman–Crippen LogP) is -0.517. The Morgan fingerprint density at radius 3 is 2.90 bits per heavy atom. The molecule has 108 valence electrons. The summed E-state index contributed by atoms with van der Waals surface area (Å²) in [6.45, 7) is 1.00. The van der Waals surface area contributed by atoms with Gasteiger partial charge in [0.1, 0.15) is 12.0 Å². The first-order valence-electron chi connectivity index (χ1n) is 6.52. The van der Waals surface area contributed by atoms with Crippen molar-refractivity contribution in [1.29, 1.82) is 0 Å². The van der Waals surface area contributed by atoms with Gasteiger partial charge in [0.2, 0.25) is 0 Å². The summed E-state index contributed by atoms with van der Waals surface area (Å²) in [5, 5.41) is 0. The first-order valence-corrected chi connectivity index (χ1v) is 6.52. The molecule has 21 heavy (non-hydrogen) atoms. The zero-order chi connectivity index (χ0) is 14.8. The van der Waals surface area contributed by atoms with Gasteiger partial charge in [0.25, 0.3) is 11.5 Å². The van der Waals surface area contributed by atoms with Crippen LogP contribution >= 0.6 is 0 Å². The minimum atomic E-state index is -0.530. The van der Waals surface area contributed by atoms with Crippen LogP contribution in [0.5, 0.6) is 0 Å². The van der Waals surface area contributed by atoms with Crippen molar-refractivity contribution in [3.63, 3.8) is 0 Å². The number of hydrogen-bond acceptors (Lipinski definition) is 5. The minimum Gasteiger partial charge on any atom is -0.337 e. The third kappa shape index (κ3) is 2.73. The molecule has 1 fully saturated rings. The first kappa shape index (κ1) is 13.2. The van der Waals surface area contributed by atoms with Crippen LogP contribution < -0.4 is 11.2 Å². The van der Waals surface area contributed by atoms with Crippen LogP contribution in [0.3, 0.4) is 0 Å². The Labute approximate surface area is 118 Å². The number of aromatic nitrogens is 4. The summed E-state index contributed by atoms with van der Waals surface area (Å²) in [6.07, 6.45) is 3.53. The number of aromatic amines is 2. The molecular weight excluding hydrogens is 274 g/mol. The van der Waals surface area contributed by atoms with E-state index in [1.165, 1.54) is 18.6 Å². The van der Waals surface area contributed by atoms with E-state index in [0.717, 1.165) is 0 Å². The van der Waals surface area contributed by atoms with Crippen molar-refractivity contribution in [3.8, 4) is 0 Å². The number of amides is 1. The van der Waals surface area contributed by atoms with Crippen molar-refractivity contribution >= 4 is 5.91 Å². The number of nitrogens with zero attached hydrogens (tertiary/aromatic N) is 3. The average Bonchev–Trinajstić information content (AvgIpc) is 2.96. The van der Waals surface area contributed by atoms with Crippen molar-refractivity contribution in [2.45, 2.75) is 12.3 Å². The number of rotatable bonds is 2. The summed E-state index contributed by atoms with van der Waals surface area (Å²) in [5.41, 5.74) is -0.0702. The topological polar surface area (TPSA) is 112 Å². The van der Waals surface area contributed by atoms with Gasteiger partial charge in [-0.1, -0.05) is 0 Å². The average molecular weight is 287 g/mol. The lowest BCUT2D eigenvalue weighted by atomic mass is 10.1. The second-order valence-corrected chi connectivity index (χ2v) is 4.87. The van der Waals surface area contributed by atoms with Crippen molar-refractivity contribution in [2.75, 3.05) is 13.1 Å². The minimum absolute atomic E-state index is 0.0502. The third-order valence-corrected chi connectivity index (χ3v) is 3.50. The highest BCUT2D eigenvalue weighted by atomic mass is 16.2. The van der Waals surface area contributed by atoms with Gasteiger partial charge >= 0.3 is 5.69 Å². The molecule has 2 aromatic heterocycles. The maximum Gasteiger partial charge on any atom is 0.325 e. The van der Waals surface area contributed by atoms with Gasteiger partial charge in [0, 0.05) is 37.0 Å². The van der Waals surface area contributed by atoms with Gasteiger partial charge in [0.15, 0.2) is 0 Å². The molecule has 0 bridgehead atoms. The fourth-order valence-electron chi connectivity index (χ4n) is 2.49. The van der Waals surface area contributed by atoms with Gasteiger partial charge in [-0.05, 0) is 12.5 Å². The van der Waals surface area contributed by atoms with Crippen LogP contribution in [0.25, 0.3) is 0 Å². The summed E-state index contributed by atoms with van der Waals surface area (Å²) in [5.74, 6) is -0.224. The molecule has 1 unspecified atom stereocenters. The maximum absolute atomic E-state index is 12.3. The van der Waals surface area contributed by atoms with Crippen molar-refractivity contribution < 1.29 is 4.79 Å². The number of nitrogens with one attached hydrogen (secondary N) is 2. The van der Waals surface area contributed by atoms with E-state index in [-0.39, 0.29) is 11.8 Å². The summed E-state index contributed by atoms with van der Waals surface area (Å²) < 4.78 is 0. The molecule has 0 saturated carbocycles. The molecule has 2 N–H and O–H groups in total. The fourth-order valence-corrected chi connectivity index (χ4v) is 2.49. The number of likely N-dealkylation sites (tertiary alicyclic amines) is 1. The van der Waals surface area contributed by atoms with Crippen LogP contribution in [-0.4, -0.2) is 43.8 Å². The van der Waals surface area contributed by atoms with E-state index in [4.69, 9.17) is 0 Å². The van der Waals surface area contributed by atoms with Crippen molar-refractivity contribution in [2.24, 2.45) is 0 Å². The van der Waals surface area contributed by atoms with Crippen LogP contribution in [0.15, 0.2) is 34.2 Å². The van der Waals surface area contributed by atoms with Gasteiger partial charge in [0.05, 0.1) is 0 Å². The quantitative estimate of drug-likeness (QED) is 0.772. The van der Waals surface area contributed by atoms with Gasteiger partial charge in [-0.3, -0.25) is 14.6 Å². The molecule has 0 spiro atoms. The molecule has 8 nitrogen and oxygen atoms in total. The predicted molar refractivity (Wildman–Crippen MR) is 73.0 cm³/mol. The van der Waals surface area contributed by atoms with Crippen molar-refractivity contribution in [3.05, 3.63) is 56.9 Å². The summed E-state index contributed by atoms with van der Waals surface area (Å²) in [6, 6.07) is 2.93. The smallest absolute Gasteiger partial charge is 0.325 e. The maximum atomic E-state index is 12.3. The highest BCUT2D eigenvalue weighted by Crippen LogP contribution is 2.25. The Morgan fingerprint density at radius 2 is 2.19 bits per heavy atom. The second-order valence-electron chi connectivity index (χ2n) is 4.87. The van der Waals surface area contributed by atoms with E-state index < -0.39 is 11.2 Å². The lowest BCUT2D eigenvalue weighted by molar-refractivity contribution is 0.0784. The zero-order valence-corrected chi connectivity index (χ0v) is 11.1. The second kappa shape index (κ2) is 5.31. The number of carbonyl (C=O) groups excluding carboxylic acids is 1. The number of H-pyrrole nitrogens is 2. The van der Waals surface area contributed by atoms with E-state index in [1.54, 1.807) is 11.0 Å². The zero-order valence-electron chi connectivity index (χ0n) is 11.1. The Balaban J connectivity index is 1.78. The normalized spacial score (nSPS) is 17.9. The third-order valence-electron chi connectivity index (χ3n) is 3.50. The number of carbonyl (C=O) groups is 1. The van der Waals surface area contributed by atoms with E-state index in [2.05, 4.69) is 19.9 Å². The monoisotopic (exact) mass is 287 g/mol. The summed E-state index contributed by atoms with van der Waals surface area (Å²) in [4.78, 5) is 49.0. The molecule has 3 heterocycles. The van der Waals surface area contributed by atoms with Gasteiger partial charge in [-0.15, -0.1) is 0 Å². The van der Waals surface area contributed by atoms with Gasteiger partial charge < -0.3 is 9.88 Å². The molecule has 0 aromatic carbocycles. The molecule has 1 amide bonds. The molecule has 3 rings (SSSR count). The molecule has 1 aliphatic rings. The Morgan fingerprint density at radius 1 is 1.33 bits per heavy atom. The number of hydrogen-bond donors (Lipinski definition) is 2. The molecule has 0 aliphatic carbocycles. The Hall–Kier alpha value is -2.77. The lowest BCUT2D eigenvalue weighted by Crippen LogP contribution is -2.30. The Bertz CT molecular complexity index is 739. The van der Waals surface area contributed by atoms with Gasteiger partial charge in [-0.25, -0.2) is 14.8 Å². The standard InChI is InChI=1S/C13H13N5O3/c19-11-5-10(16-13(21)17-11)8-2-4-18(6-8)12(20)9-1-3-14-7-15-9/h1,3,5,7-8H,2,4,6H2,(H2,16,17,19,21). The fraction of sp³-hybridized carbons (Fsp3) is 0.308. The SMILES string of the molecule is O=C(c1ccncn1)N1CCC(c2cc(=O)[nH]c(=O)[nH]2)C1. The van der Waals surface area contributed by atoms with Crippen LogP contribution in [0.4, 0.5) is 0 Å². The largest absolute Gasteiger partial charge is 0.337 e. The highest BCUT2D eigenvalue weighted by molar-refractivity contribution is 5.92. The summed E-state index contributed by atoms with van der Waals surface area (Å²) >= 11 is 0. The molecule has 1 saturated heterocycles. The van der Waals surface area contributed by atoms with E-state index in [0.29, 0.717) is 30.9 Å². The van der Waals surface area contributed by atoms with Crippen molar-refractivity contribution in [1.82, 2.24) is 24.8 Å². The van der Waals surface area contributed by atoms with Crippen LogP contribution in [0, 0.1) is 0 Å². The molecule has 1 atom stereocenters. The van der Waals surface area contributed by atoms with E-state index in [1.807, 2.05) is 0 Å². The molecule has 8 heteroatoms. The van der Waals surface area contributed by atoms with Crippen LogP contribution in [0.2, 0.25) is 0 Å². The Kier molecular flexibility index (Phi) is 3.35. The van der Waals surface area contributed by atoms with E-state index >= 15 is 0 Å². The van der Waals surface area contributed by atoms with Gasteiger partial charge in [-0.2, -0.15) is 0 Å². The molecule has 2 aromatic rings. The first-order chi connectivity index (χ1) is 10.1. The van der Waals surface area contributed by atoms with Crippen LogP contribution in [-0.2, 0) is 0 Å². The molecule has 0 radical (unpaired) electrons. The van der Waals surface area contributed by atoms with Crippen LogP contribution in [0.1, 0.15) is 28.5 Å². The molecule has 1 aliphatic heterocycles. The summed E-state index contributed by atoms with van der Waals surface area (Å²) in [7, 11) is 0. The lowest BCUT2D eigenvalue weighted by Gasteiger charge is -2.15. The van der Waals surface area contributed by atoms with E-state index in [9.17, 15) is 14.4 Å².